The highest BCUT2D eigenvalue weighted by molar-refractivity contribution is 9.10. The summed E-state index contributed by atoms with van der Waals surface area (Å²) in [5.41, 5.74) is -0.0376. The van der Waals surface area contributed by atoms with E-state index in [0.717, 1.165) is 12.1 Å². The maximum atomic E-state index is 13.2. The van der Waals surface area contributed by atoms with Crippen molar-refractivity contribution in [3.63, 3.8) is 0 Å². The van der Waals surface area contributed by atoms with Crippen molar-refractivity contribution >= 4 is 15.9 Å². The molecule has 1 aromatic rings. The number of alkyl halides is 2. The third-order valence-electron chi connectivity index (χ3n) is 1.84. The van der Waals surface area contributed by atoms with E-state index in [2.05, 4.69) is 22.5 Å². The molecular formula is C10H8BrF3. The Hall–Kier alpha value is -0.770. The predicted molar refractivity (Wildman–Crippen MR) is 53.0 cm³/mol. The summed E-state index contributed by atoms with van der Waals surface area (Å²) in [6, 6.07) is 3.95. The summed E-state index contributed by atoms with van der Waals surface area (Å²) in [4.78, 5) is 0. The Morgan fingerprint density at radius 1 is 1.36 bits per heavy atom. The molecule has 0 aromatic heterocycles. The fraction of sp³-hybridized carbons (Fsp3) is 0.200. The van der Waals surface area contributed by atoms with Crippen LogP contribution in [0.5, 0.6) is 0 Å². The minimum atomic E-state index is -2.64. The van der Waals surface area contributed by atoms with Crippen molar-refractivity contribution in [3.8, 4) is 0 Å². The molecule has 0 saturated carbocycles. The standard InChI is InChI=1S/C10H8BrF3/c1-2-7(10(13)14)8-5-6(11)3-4-9(8)12/h2-5,7,10H,1H2. The highest BCUT2D eigenvalue weighted by Crippen LogP contribution is 2.28. The van der Waals surface area contributed by atoms with Gasteiger partial charge in [0.1, 0.15) is 5.82 Å². The Morgan fingerprint density at radius 3 is 2.50 bits per heavy atom. The van der Waals surface area contributed by atoms with Gasteiger partial charge in [-0.3, -0.25) is 0 Å². The summed E-state index contributed by atoms with van der Waals surface area (Å²) in [5, 5.41) is 0. The molecule has 0 saturated heterocycles. The average molecular weight is 265 g/mol. The molecule has 0 aliphatic heterocycles. The van der Waals surface area contributed by atoms with Crippen molar-refractivity contribution in [2.45, 2.75) is 12.3 Å². The molecule has 0 heterocycles. The molecule has 0 radical (unpaired) electrons. The van der Waals surface area contributed by atoms with Crippen LogP contribution in [0.4, 0.5) is 13.2 Å². The third kappa shape index (κ3) is 2.38. The van der Waals surface area contributed by atoms with Crippen molar-refractivity contribution in [1.29, 1.82) is 0 Å². The second-order valence-corrected chi connectivity index (χ2v) is 3.68. The number of hydrogen-bond acceptors (Lipinski definition) is 0. The molecule has 4 heteroatoms. The molecule has 0 spiro atoms. The van der Waals surface area contributed by atoms with Crippen LogP contribution in [0.2, 0.25) is 0 Å². The first-order chi connectivity index (χ1) is 6.56. The van der Waals surface area contributed by atoms with Gasteiger partial charge in [0.25, 0.3) is 0 Å². The van der Waals surface area contributed by atoms with Crippen molar-refractivity contribution in [2.75, 3.05) is 0 Å². The van der Waals surface area contributed by atoms with Gasteiger partial charge in [-0.05, 0) is 18.2 Å². The normalized spacial score (nSPS) is 12.9. The van der Waals surface area contributed by atoms with Gasteiger partial charge in [0, 0.05) is 10.0 Å². The van der Waals surface area contributed by atoms with E-state index in [1.165, 1.54) is 12.1 Å². The maximum Gasteiger partial charge on any atom is 0.248 e. The van der Waals surface area contributed by atoms with Crippen LogP contribution >= 0.6 is 15.9 Å². The fourth-order valence-electron chi connectivity index (χ4n) is 1.14. The number of hydrogen-bond donors (Lipinski definition) is 0. The van der Waals surface area contributed by atoms with Crippen LogP contribution in [-0.4, -0.2) is 6.43 Å². The van der Waals surface area contributed by atoms with Gasteiger partial charge in [-0.1, -0.05) is 22.0 Å². The van der Waals surface area contributed by atoms with Crippen LogP contribution in [0.3, 0.4) is 0 Å². The second-order valence-electron chi connectivity index (χ2n) is 2.76. The van der Waals surface area contributed by atoms with Crippen LogP contribution in [-0.2, 0) is 0 Å². The molecule has 0 amide bonds. The molecule has 0 aliphatic carbocycles. The van der Waals surface area contributed by atoms with E-state index >= 15 is 0 Å². The lowest BCUT2D eigenvalue weighted by Gasteiger charge is -2.12. The first kappa shape index (κ1) is 11.3. The minimum Gasteiger partial charge on any atom is -0.209 e. The smallest absolute Gasteiger partial charge is 0.209 e. The van der Waals surface area contributed by atoms with Crippen LogP contribution in [0.25, 0.3) is 0 Å². The van der Waals surface area contributed by atoms with Crippen molar-refractivity contribution in [2.24, 2.45) is 0 Å². The summed E-state index contributed by atoms with van der Waals surface area (Å²) in [6.45, 7) is 3.27. The topological polar surface area (TPSA) is 0 Å². The minimum absolute atomic E-state index is 0.0376. The molecule has 0 fully saturated rings. The van der Waals surface area contributed by atoms with Crippen molar-refractivity contribution in [3.05, 3.63) is 46.7 Å². The summed E-state index contributed by atoms with van der Waals surface area (Å²) >= 11 is 3.10. The van der Waals surface area contributed by atoms with E-state index in [9.17, 15) is 13.2 Å². The average Bonchev–Trinajstić information content (AvgIpc) is 2.11. The molecule has 1 atom stereocenters. The molecule has 0 N–H and O–H groups in total. The van der Waals surface area contributed by atoms with Crippen molar-refractivity contribution < 1.29 is 13.2 Å². The van der Waals surface area contributed by atoms with Crippen molar-refractivity contribution in [1.82, 2.24) is 0 Å². The lowest BCUT2D eigenvalue weighted by molar-refractivity contribution is 0.130. The lowest BCUT2D eigenvalue weighted by Crippen LogP contribution is -2.08. The first-order valence-electron chi connectivity index (χ1n) is 3.92. The number of benzene rings is 1. The molecule has 0 bridgehead atoms. The van der Waals surface area contributed by atoms with Gasteiger partial charge in [0.2, 0.25) is 6.43 Å². The Morgan fingerprint density at radius 2 is 2.00 bits per heavy atom. The zero-order valence-electron chi connectivity index (χ0n) is 7.18. The Bertz CT molecular complexity index is 336. The van der Waals surface area contributed by atoms with E-state index in [1.54, 1.807) is 0 Å². The molecule has 14 heavy (non-hydrogen) atoms. The predicted octanol–water partition coefficient (Wildman–Crippen LogP) is 4.12. The molecule has 0 nitrogen and oxygen atoms in total. The summed E-state index contributed by atoms with van der Waals surface area (Å²) in [5.74, 6) is -1.90. The monoisotopic (exact) mass is 264 g/mol. The Kier molecular flexibility index (Phi) is 3.75. The zero-order chi connectivity index (χ0) is 10.7. The van der Waals surface area contributed by atoms with Crippen LogP contribution < -0.4 is 0 Å². The highest BCUT2D eigenvalue weighted by atomic mass is 79.9. The van der Waals surface area contributed by atoms with E-state index in [0.29, 0.717) is 4.47 Å². The van der Waals surface area contributed by atoms with Gasteiger partial charge in [0.15, 0.2) is 0 Å². The van der Waals surface area contributed by atoms with E-state index in [4.69, 9.17) is 0 Å². The molecular weight excluding hydrogens is 257 g/mol. The van der Waals surface area contributed by atoms with E-state index in [1.807, 2.05) is 0 Å². The lowest BCUT2D eigenvalue weighted by atomic mass is 9.99. The SMILES string of the molecule is C=CC(c1cc(Br)ccc1F)C(F)F. The summed E-state index contributed by atoms with van der Waals surface area (Å²) < 4.78 is 38.6. The van der Waals surface area contributed by atoms with Gasteiger partial charge in [-0.25, -0.2) is 13.2 Å². The molecule has 1 unspecified atom stereocenters. The van der Waals surface area contributed by atoms with Gasteiger partial charge in [-0.15, -0.1) is 6.58 Å². The molecule has 1 rings (SSSR count). The highest BCUT2D eigenvalue weighted by Gasteiger charge is 2.22. The quantitative estimate of drug-likeness (QED) is 0.721. The Labute approximate surface area is 88.6 Å². The maximum absolute atomic E-state index is 13.2. The number of allylic oxidation sites excluding steroid dienone is 1. The van der Waals surface area contributed by atoms with Gasteiger partial charge < -0.3 is 0 Å². The zero-order valence-corrected chi connectivity index (χ0v) is 8.77. The largest absolute Gasteiger partial charge is 0.248 e. The van der Waals surface area contributed by atoms with Crippen LogP contribution in [0.15, 0.2) is 35.3 Å². The third-order valence-corrected chi connectivity index (χ3v) is 2.34. The first-order valence-corrected chi connectivity index (χ1v) is 4.71. The van der Waals surface area contributed by atoms with Gasteiger partial charge in [0.05, 0.1) is 5.92 Å². The Balaban J connectivity index is 3.15. The molecule has 1 aromatic carbocycles. The number of rotatable bonds is 3. The molecule has 76 valence electrons. The summed E-state index contributed by atoms with van der Waals surface area (Å²) in [6.07, 6.45) is -1.59. The fourth-order valence-corrected chi connectivity index (χ4v) is 1.51. The molecule has 0 aliphatic rings. The van der Waals surface area contributed by atoms with E-state index in [-0.39, 0.29) is 5.56 Å². The van der Waals surface area contributed by atoms with E-state index < -0.39 is 18.2 Å². The van der Waals surface area contributed by atoms with Gasteiger partial charge in [-0.2, -0.15) is 0 Å². The second kappa shape index (κ2) is 4.64. The number of halogens is 4. The van der Waals surface area contributed by atoms with Crippen LogP contribution in [0, 0.1) is 5.82 Å². The van der Waals surface area contributed by atoms with Gasteiger partial charge >= 0.3 is 0 Å². The van der Waals surface area contributed by atoms with Crippen LogP contribution in [0.1, 0.15) is 11.5 Å². The summed E-state index contributed by atoms with van der Waals surface area (Å²) in [7, 11) is 0.